The van der Waals surface area contributed by atoms with Crippen LogP contribution in [0.5, 0.6) is 0 Å². The molecule has 0 bridgehead atoms. The van der Waals surface area contributed by atoms with E-state index in [0.29, 0.717) is 6.04 Å². The summed E-state index contributed by atoms with van der Waals surface area (Å²) >= 11 is 0. The van der Waals surface area contributed by atoms with Crippen LogP contribution >= 0.6 is 0 Å². The number of anilines is 1. The quantitative estimate of drug-likeness (QED) is 0.870. The number of rotatable bonds is 4. The zero-order valence-electron chi connectivity index (χ0n) is 14.7. The van der Waals surface area contributed by atoms with Gasteiger partial charge in [-0.2, -0.15) is 5.10 Å². The number of aryl methyl sites for hydroxylation is 2. The van der Waals surface area contributed by atoms with Gasteiger partial charge in [-0.15, -0.1) is 0 Å². The molecule has 0 radical (unpaired) electrons. The highest BCUT2D eigenvalue weighted by Gasteiger charge is 2.20. The maximum Gasteiger partial charge on any atom is 0.141 e. The van der Waals surface area contributed by atoms with Crippen molar-refractivity contribution in [1.82, 2.24) is 19.7 Å². The van der Waals surface area contributed by atoms with E-state index in [1.54, 1.807) is 6.33 Å². The predicted molar refractivity (Wildman–Crippen MR) is 93.8 cm³/mol. The van der Waals surface area contributed by atoms with Gasteiger partial charge in [0, 0.05) is 37.9 Å². The Hall–Kier alpha value is -1.88. The van der Waals surface area contributed by atoms with Crippen molar-refractivity contribution >= 4 is 5.69 Å². The molecule has 124 valence electrons. The van der Waals surface area contributed by atoms with Gasteiger partial charge in [0.25, 0.3) is 0 Å². The molecule has 0 N–H and O–H groups in total. The average molecular weight is 313 g/mol. The Morgan fingerprint density at radius 1 is 1.09 bits per heavy atom. The Bertz CT molecular complexity index is 653. The van der Waals surface area contributed by atoms with Crippen molar-refractivity contribution in [1.29, 1.82) is 0 Å². The highest BCUT2D eigenvalue weighted by Crippen LogP contribution is 2.23. The topological polar surface area (TPSA) is 37.2 Å². The highest BCUT2D eigenvalue weighted by atomic mass is 15.4. The van der Waals surface area contributed by atoms with Crippen LogP contribution in [0.1, 0.15) is 36.8 Å². The van der Waals surface area contributed by atoms with Crippen LogP contribution in [-0.2, 0) is 6.54 Å². The van der Waals surface area contributed by atoms with E-state index in [2.05, 4.69) is 65.8 Å². The van der Waals surface area contributed by atoms with Crippen LogP contribution in [-0.4, -0.2) is 45.8 Å². The van der Waals surface area contributed by atoms with Crippen molar-refractivity contribution < 1.29 is 0 Å². The summed E-state index contributed by atoms with van der Waals surface area (Å²) in [6.07, 6.45) is 1.67. The number of hydrogen-bond acceptors (Lipinski definition) is 4. The van der Waals surface area contributed by atoms with Crippen molar-refractivity contribution in [2.45, 2.75) is 40.3 Å². The van der Waals surface area contributed by atoms with Crippen molar-refractivity contribution in [3.63, 3.8) is 0 Å². The second-order valence-corrected chi connectivity index (χ2v) is 6.77. The van der Waals surface area contributed by atoms with Crippen LogP contribution in [0.2, 0.25) is 0 Å². The summed E-state index contributed by atoms with van der Waals surface area (Å²) in [6.45, 7) is 13.8. The van der Waals surface area contributed by atoms with Gasteiger partial charge in [0.15, 0.2) is 0 Å². The fourth-order valence-corrected chi connectivity index (χ4v) is 3.23. The third kappa shape index (κ3) is 3.55. The number of hydrogen-bond donors (Lipinski definition) is 0. The maximum atomic E-state index is 4.43. The Balaban J connectivity index is 1.62. The minimum atomic E-state index is 0.365. The van der Waals surface area contributed by atoms with Gasteiger partial charge in [-0.1, -0.05) is 12.1 Å². The van der Waals surface area contributed by atoms with E-state index < -0.39 is 0 Å². The Morgan fingerprint density at radius 2 is 1.83 bits per heavy atom. The lowest BCUT2D eigenvalue weighted by Crippen LogP contribution is -2.46. The molecule has 1 aliphatic rings. The van der Waals surface area contributed by atoms with Gasteiger partial charge in [-0.25, -0.2) is 9.67 Å². The Kier molecular flexibility index (Phi) is 4.66. The number of piperazine rings is 1. The van der Waals surface area contributed by atoms with E-state index in [4.69, 9.17) is 0 Å². The molecular formula is C18H27N5. The SMILES string of the molecule is Cc1ccc(C)c(N2CCN(Cc3ncnn3C(C)C)CC2)c1. The zero-order chi connectivity index (χ0) is 16.4. The number of nitrogens with zero attached hydrogens (tertiary/aromatic N) is 5. The molecule has 2 heterocycles. The molecule has 0 aliphatic carbocycles. The summed E-state index contributed by atoms with van der Waals surface area (Å²) in [5.41, 5.74) is 4.08. The van der Waals surface area contributed by atoms with E-state index in [0.717, 1.165) is 38.5 Å². The van der Waals surface area contributed by atoms with Gasteiger partial charge < -0.3 is 4.90 Å². The van der Waals surface area contributed by atoms with Crippen molar-refractivity contribution in [2.75, 3.05) is 31.1 Å². The molecule has 2 aromatic rings. The summed E-state index contributed by atoms with van der Waals surface area (Å²) in [5.74, 6) is 1.07. The van der Waals surface area contributed by atoms with Crippen molar-refractivity contribution in [2.24, 2.45) is 0 Å². The molecule has 0 atom stereocenters. The molecule has 1 fully saturated rings. The average Bonchev–Trinajstić information content (AvgIpc) is 2.99. The molecule has 3 rings (SSSR count). The third-order valence-electron chi connectivity index (χ3n) is 4.58. The standard InChI is InChI=1S/C18H27N5/c1-14(2)23-18(19-13-20-23)12-21-7-9-22(10-8-21)17-11-15(3)5-6-16(17)4/h5-6,11,13-14H,7-10,12H2,1-4H3. The monoisotopic (exact) mass is 313 g/mol. The van der Waals surface area contributed by atoms with Crippen LogP contribution in [0.25, 0.3) is 0 Å². The molecule has 1 aromatic carbocycles. The minimum Gasteiger partial charge on any atom is -0.369 e. The third-order valence-corrected chi connectivity index (χ3v) is 4.58. The van der Waals surface area contributed by atoms with E-state index in [9.17, 15) is 0 Å². The summed E-state index contributed by atoms with van der Waals surface area (Å²) in [4.78, 5) is 9.41. The fraction of sp³-hybridized carbons (Fsp3) is 0.556. The van der Waals surface area contributed by atoms with Gasteiger partial charge in [0.2, 0.25) is 0 Å². The molecule has 1 aromatic heterocycles. The van der Waals surface area contributed by atoms with E-state index in [1.165, 1.54) is 16.8 Å². The minimum absolute atomic E-state index is 0.365. The molecule has 1 aliphatic heterocycles. The molecule has 0 saturated carbocycles. The molecule has 5 nitrogen and oxygen atoms in total. The smallest absolute Gasteiger partial charge is 0.141 e. The molecule has 23 heavy (non-hydrogen) atoms. The zero-order valence-corrected chi connectivity index (χ0v) is 14.7. The predicted octanol–water partition coefficient (Wildman–Crippen LogP) is 2.80. The first-order valence-corrected chi connectivity index (χ1v) is 8.47. The number of benzene rings is 1. The second-order valence-electron chi connectivity index (χ2n) is 6.77. The molecule has 1 saturated heterocycles. The molecular weight excluding hydrogens is 286 g/mol. The van der Waals surface area contributed by atoms with Crippen molar-refractivity contribution in [3.05, 3.63) is 41.5 Å². The van der Waals surface area contributed by atoms with Crippen LogP contribution in [0, 0.1) is 13.8 Å². The van der Waals surface area contributed by atoms with Crippen LogP contribution in [0.4, 0.5) is 5.69 Å². The summed E-state index contributed by atoms with van der Waals surface area (Å²) in [7, 11) is 0. The first kappa shape index (κ1) is 16.0. The molecule has 0 spiro atoms. The molecule has 0 unspecified atom stereocenters. The van der Waals surface area contributed by atoms with E-state index in [1.807, 2.05) is 4.68 Å². The van der Waals surface area contributed by atoms with Gasteiger partial charge in [0.05, 0.1) is 6.54 Å². The fourth-order valence-electron chi connectivity index (χ4n) is 3.23. The van der Waals surface area contributed by atoms with Crippen LogP contribution in [0.15, 0.2) is 24.5 Å². The lowest BCUT2D eigenvalue weighted by Gasteiger charge is -2.36. The molecule has 0 amide bonds. The van der Waals surface area contributed by atoms with E-state index in [-0.39, 0.29) is 0 Å². The Labute approximate surface area is 138 Å². The summed E-state index contributed by atoms with van der Waals surface area (Å²) in [5, 5.41) is 4.33. The second kappa shape index (κ2) is 6.71. The van der Waals surface area contributed by atoms with Crippen LogP contribution < -0.4 is 4.90 Å². The normalized spacial score (nSPS) is 16.3. The van der Waals surface area contributed by atoms with Gasteiger partial charge in [-0.3, -0.25) is 4.90 Å². The van der Waals surface area contributed by atoms with Gasteiger partial charge >= 0.3 is 0 Å². The molecule has 5 heteroatoms. The Morgan fingerprint density at radius 3 is 2.52 bits per heavy atom. The first-order chi connectivity index (χ1) is 11.0. The van der Waals surface area contributed by atoms with Gasteiger partial charge in [-0.05, 0) is 44.9 Å². The van der Waals surface area contributed by atoms with Crippen molar-refractivity contribution in [3.8, 4) is 0 Å². The lowest BCUT2D eigenvalue weighted by atomic mass is 10.1. The largest absolute Gasteiger partial charge is 0.369 e. The lowest BCUT2D eigenvalue weighted by molar-refractivity contribution is 0.237. The summed E-state index contributed by atoms with van der Waals surface area (Å²) in [6, 6.07) is 7.08. The van der Waals surface area contributed by atoms with Crippen LogP contribution in [0.3, 0.4) is 0 Å². The van der Waals surface area contributed by atoms with E-state index >= 15 is 0 Å². The maximum absolute atomic E-state index is 4.43. The van der Waals surface area contributed by atoms with Gasteiger partial charge in [0.1, 0.15) is 12.2 Å². The highest BCUT2D eigenvalue weighted by molar-refractivity contribution is 5.55. The first-order valence-electron chi connectivity index (χ1n) is 8.47. The summed E-state index contributed by atoms with van der Waals surface area (Å²) < 4.78 is 2.02. The number of aromatic nitrogens is 3.